The van der Waals surface area contributed by atoms with Gasteiger partial charge < -0.3 is 14.8 Å². The molecule has 30 heavy (non-hydrogen) atoms. The van der Waals surface area contributed by atoms with E-state index in [1.165, 1.54) is 4.90 Å². The number of piperidine rings is 1. The lowest BCUT2D eigenvalue weighted by Crippen LogP contribution is -2.43. The molecule has 0 radical (unpaired) electrons. The molecule has 5 rings (SSSR count). The quantitative estimate of drug-likeness (QED) is 0.677. The number of para-hydroxylation sites is 1. The molecule has 2 aromatic heterocycles. The summed E-state index contributed by atoms with van der Waals surface area (Å²) in [6, 6.07) is 9.49. The van der Waals surface area contributed by atoms with Gasteiger partial charge in [-0.3, -0.25) is 14.7 Å². The van der Waals surface area contributed by atoms with E-state index in [0.717, 1.165) is 16.6 Å². The number of carbonyl (C=O) groups excluding carboxylic acids is 2. The molecule has 2 amide bonds. The average molecular weight is 413 g/mol. The standard InChI is InChI=1S/C21H21F2N5O2/c22-21(23)6-9-27(10-7-21)20(30)18-14-12-28(8-5-16(14)25-26-18)19(29)17-11-13-3-1-2-4-15(13)24-17/h1-4,11,24H,5-10,12H2,(H,25,26). The number of nitrogens with zero attached hydrogens (tertiary/aromatic N) is 3. The van der Waals surface area contributed by atoms with Gasteiger partial charge in [0.05, 0.1) is 6.54 Å². The van der Waals surface area contributed by atoms with Gasteiger partial charge in [-0.05, 0) is 12.1 Å². The first-order chi connectivity index (χ1) is 14.4. The Morgan fingerprint density at radius 3 is 2.57 bits per heavy atom. The maximum absolute atomic E-state index is 13.4. The molecule has 0 saturated carbocycles. The molecule has 7 nitrogen and oxygen atoms in total. The van der Waals surface area contributed by atoms with Gasteiger partial charge in [0.25, 0.3) is 17.7 Å². The minimum absolute atomic E-state index is 0.00513. The molecule has 156 valence electrons. The molecule has 0 bridgehead atoms. The van der Waals surface area contributed by atoms with Crippen LogP contribution in [0.2, 0.25) is 0 Å². The summed E-state index contributed by atoms with van der Waals surface area (Å²) in [7, 11) is 0. The van der Waals surface area contributed by atoms with Gasteiger partial charge in [-0.2, -0.15) is 5.10 Å². The second-order valence-electron chi connectivity index (χ2n) is 7.92. The number of fused-ring (bicyclic) bond motifs is 2. The van der Waals surface area contributed by atoms with Crippen molar-refractivity contribution >= 4 is 22.7 Å². The van der Waals surface area contributed by atoms with Crippen LogP contribution in [0.4, 0.5) is 8.78 Å². The lowest BCUT2D eigenvalue weighted by molar-refractivity contribution is -0.0495. The topological polar surface area (TPSA) is 85.1 Å². The number of aromatic nitrogens is 3. The van der Waals surface area contributed by atoms with E-state index in [2.05, 4.69) is 15.2 Å². The molecule has 0 unspecified atom stereocenters. The largest absolute Gasteiger partial charge is 0.351 e. The van der Waals surface area contributed by atoms with E-state index in [1.54, 1.807) is 4.90 Å². The number of hydrogen-bond donors (Lipinski definition) is 2. The zero-order valence-corrected chi connectivity index (χ0v) is 16.3. The van der Waals surface area contributed by atoms with Crippen LogP contribution in [-0.2, 0) is 13.0 Å². The predicted octanol–water partition coefficient (Wildman–Crippen LogP) is 2.96. The molecule has 1 saturated heterocycles. The van der Waals surface area contributed by atoms with E-state index in [0.29, 0.717) is 24.2 Å². The van der Waals surface area contributed by atoms with Crippen molar-refractivity contribution in [1.82, 2.24) is 25.0 Å². The van der Waals surface area contributed by atoms with Crippen molar-refractivity contribution < 1.29 is 18.4 Å². The first-order valence-electron chi connectivity index (χ1n) is 10.0. The van der Waals surface area contributed by atoms with Crippen molar-refractivity contribution in [2.24, 2.45) is 0 Å². The minimum atomic E-state index is -2.72. The highest BCUT2D eigenvalue weighted by molar-refractivity contribution is 5.98. The third-order valence-electron chi connectivity index (χ3n) is 5.97. The number of alkyl halides is 2. The maximum atomic E-state index is 13.4. The van der Waals surface area contributed by atoms with Crippen molar-refractivity contribution in [3.8, 4) is 0 Å². The number of amides is 2. The summed E-state index contributed by atoms with van der Waals surface area (Å²) in [5, 5.41) is 8.01. The molecule has 3 aromatic rings. The summed E-state index contributed by atoms with van der Waals surface area (Å²) < 4.78 is 26.9. The number of H-pyrrole nitrogens is 2. The third-order valence-corrected chi connectivity index (χ3v) is 5.97. The number of likely N-dealkylation sites (tertiary alicyclic amines) is 1. The summed E-state index contributed by atoms with van der Waals surface area (Å²) in [5.74, 6) is -3.22. The van der Waals surface area contributed by atoms with E-state index in [4.69, 9.17) is 0 Å². The van der Waals surface area contributed by atoms with Crippen LogP contribution in [0.15, 0.2) is 30.3 Å². The number of benzene rings is 1. The van der Waals surface area contributed by atoms with E-state index in [9.17, 15) is 18.4 Å². The first kappa shape index (κ1) is 18.8. The molecule has 0 aliphatic carbocycles. The summed E-state index contributed by atoms with van der Waals surface area (Å²) >= 11 is 0. The number of carbonyl (C=O) groups is 2. The fourth-order valence-electron chi connectivity index (χ4n) is 4.19. The SMILES string of the molecule is O=C(c1cc2ccccc2[nH]1)N1CCc2[nH]nc(C(=O)N3CCC(F)(F)CC3)c2C1. The Morgan fingerprint density at radius 1 is 1.03 bits per heavy atom. The van der Waals surface area contributed by atoms with Crippen LogP contribution < -0.4 is 0 Å². The third kappa shape index (κ3) is 3.24. The molecule has 2 N–H and O–H groups in total. The molecule has 0 spiro atoms. The summed E-state index contributed by atoms with van der Waals surface area (Å²) in [6.45, 7) is 0.772. The second-order valence-corrected chi connectivity index (χ2v) is 7.92. The Labute approximate surface area is 171 Å². The van der Waals surface area contributed by atoms with Crippen molar-refractivity contribution in [1.29, 1.82) is 0 Å². The van der Waals surface area contributed by atoms with Gasteiger partial charge in [0.1, 0.15) is 5.69 Å². The lowest BCUT2D eigenvalue weighted by atomic mass is 10.0. The fraction of sp³-hybridized carbons (Fsp3) is 0.381. The van der Waals surface area contributed by atoms with Gasteiger partial charge in [0, 0.05) is 61.1 Å². The van der Waals surface area contributed by atoms with E-state index >= 15 is 0 Å². The van der Waals surface area contributed by atoms with Gasteiger partial charge in [-0.25, -0.2) is 8.78 Å². The van der Waals surface area contributed by atoms with Gasteiger partial charge in [-0.1, -0.05) is 18.2 Å². The van der Waals surface area contributed by atoms with Crippen LogP contribution in [-0.4, -0.2) is 62.4 Å². The monoisotopic (exact) mass is 413 g/mol. The molecule has 1 aromatic carbocycles. The Kier molecular flexibility index (Phi) is 4.34. The number of nitrogens with one attached hydrogen (secondary N) is 2. The van der Waals surface area contributed by atoms with E-state index in [1.807, 2.05) is 30.3 Å². The van der Waals surface area contributed by atoms with Gasteiger partial charge in [0.15, 0.2) is 5.69 Å². The van der Waals surface area contributed by atoms with Crippen molar-refractivity contribution in [2.75, 3.05) is 19.6 Å². The molecule has 4 heterocycles. The van der Waals surface area contributed by atoms with Gasteiger partial charge >= 0.3 is 0 Å². The molecule has 0 atom stereocenters. The highest BCUT2D eigenvalue weighted by atomic mass is 19.3. The van der Waals surface area contributed by atoms with Crippen molar-refractivity contribution in [3.05, 3.63) is 53.0 Å². The second kappa shape index (κ2) is 6.93. The number of rotatable bonds is 2. The van der Waals surface area contributed by atoms with Crippen molar-refractivity contribution in [3.63, 3.8) is 0 Å². The van der Waals surface area contributed by atoms with Crippen LogP contribution in [0.5, 0.6) is 0 Å². The van der Waals surface area contributed by atoms with Crippen molar-refractivity contribution in [2.45, 2.75) is 31.7 Å². The maximum Gasteiger partial charge on any atom is 0.274 e. The number of aromatic amines is 2. The van der Waals surface area contributed by atoms with Crippen LogP contribution in [0.3, 0.4) is 0 Å². The average Bonchev–Trinajstić information content (AvgIpc) is 3.36. The highest BCUT2D eigenvalue weighted by Crippen LogP contribution is 2.30. The van der Waals surface area contributed by atoms with E-state index in [-0.39, 0.29) is 50.0 Å². The van der Waals surface area contributed by atoms with Crippen LogP contribution in [0.1, 0.15) is 45.1 Å². The molecule has 2 aliphatic heterocycles. The predicted molar refractivity (Wildman–Crippen MR) is 105 cm³/mol. The fourth-order valence-corrected chi connectivity index (χ4v) is 4.19. The normalized spacial score (nSPS) is 18.5. The molecule has 2 aliphatic rings. The Bertz CT molecular complexity index is 1090. The zero-order chi connectivity index (χ0) is 20.9. The minimum Gasteiger partial charge on any atom is -0.351 e. The highest BCUT2D eigenvalue weighted by Gasteiger charge is 2.37. The zero-order valence-electron chi connectivity index (χ0n) is 16.3. The van der Waals surface area contributed by atoms with Crippen LogP contribution >= 0.6 is 0 Å². The van der Waals surface area contributed by atoms with E-state index < -0.39 is 5.92 Å². The Hall–Kier alpha value is -3.23. The Morgan fingerprint density at radius 2 is 1.80 bits per heavy atom. The summed E-state index contributed by atoms with van der Waals surface area (Å²) in [6.07, 6.45) is -0.119. The lowest BCUT2D eigenvalue weighted by Gasteiger charge is -2.32. The van der Waals surface area contributed by atoms with Crippen LogP contribution in [0, 0.1) is 0 Å². The Balaban J connectivity index is 1.35. The summed E-state index contributed by atoms with van der Waals surface area (Å²) in [4.78, 5) is 32.2. The smallest absolute Gasteiger partial charge is 0.274 e. The van der Waals surface area contributed by atoms with Gasteiger partial charge in [0.2, 0.25) is 0 Å². The molecular weight excluding hydrogens is 392 g/mol. The molecule has 9 heteroatoms. The molecule has 1 fully saturated rings. The first-order valence-corrected chi connectivity index (χ1v) is 10.0. The molecular formula is C21H21F2N5O2. The number of halogens is 2. The number of hydrogen-bond acceptors (Lipinski definition) is 3. The summed E-state index contributed by atoms with van der Waals surface area (Å²) in [5.41, 5.74) is 3.10. The van der Waals surface area contributed by atoms with Gasteiger partial charge in [-0.15, -0.1) is 0 Å². The van der Waals surface area contributed by atoms with Crippen LogP contribution in [0.25, 0.3) is 10.9 Å².